The van der Waals surface area contributed by atoms with Crippen LogP contribution in [-0.4, -0.2) is 40.2 Å². The van der Waals surface area contributed by atoms with E-state index in [0.29, 0.717) is 11.5 Å². The maximum absolute atomic E-state index is 13.1. The lowest BCUT2D eigenvalue weighted by Gasteiger charge is -2.31. The van der Waals surface area contributed by atoms with Gasteiger partial charge in [0.15, 0.2) is 0 Å². The molecule has 164 valence electrons. The normalized spacial score (nSPS) is 14.9. The smallest absolute Gasteiger partial charge is 0.278 e. The van der Waals surface area contributed by atoms with Crippen molar-refractivity contribution in [2.24, 2.45) is 0 Å². The van der Waals surface area contributed by atoms with Gasteiger partial charge in [-0.1, -0.05) is 66.7 Å². The predicted molar refractivity (Wildman–Crippen MR) is 132 cm³/mol. The Kier molecular flexibility index (Phi) is 7.03. The third kappa shape index (κ3) is 4.62. The highest BCUT2D eigenvalue weighted by Crippen LogP contribution is 2.32. The first-order valence-electron chi connectivity index (χ1n) is 11.1. The number of benzene rings is 3. The number of halogens is 1. The number of carbonyl (C=O) groups excluding carboxylic acids is 1. The van der Waals surface area contributed by atoms with E-state index in [1.165, 1.54) is 5.56 Å². The average Bonchev–Trinajstić information content (AvgIpc) is 3.23. The summed E-state index contributed by atoms with van der Waals surface area (Å²) in [5.74, 6) is 0.325. The molecule has 1 aliphatic rings. The number of para-hydroxylation sites is 1. The minimum atomic E-state index is -0.0663. The van der Waals surface area contributed by atoms with Gasteiger partial charge in [0, 0.05) is 23.4 Å². The maximum atomic E-state index is 13.1. The van der Waals surface area contributed by atoms with Gasteiger partial charge >= 0.3 is 0 Å². The second kappa shape index (κ2) is 10.1. The Labute approximate surface area is 195 Å². The van der Waals surface area contributed by atoms with Gasteiger partial charge in [-0.25, -0.2) is 0 Å². The van der Waals surface area contributed by atoms with Gasteiger partial charge in [0.2, 0.25) is 0 Å². The molecule has 0 unspecified atom stereocenters. The first-order valence-corrected chi connectivity index (χ1v) is 11.1. The second-order valence-electron chi connectivity index (χ2n) is 8.34. The molecule has 0 N–H and O–H groups in total. The van der Waals surface area contributed by atoms with Crippen molar-refractivity contribution in [3.8, 4) is 0 Å². The summed E-state index contributed by atoms with van der Waals surface area (Å²) in [5, 5.41) is 5.96. The summed E-state index contributed by atoms with van der Waals surface area (Å²) in [5.41, 5.74) is 4.03. The number of nitrogens with zero attached hydrogens (tertiary/aromatic N) is 3. The Balaban J connectivity index is 0.00000245. The number of aromatic nitrogens is 2. The first kappa shape index (κ1) is 22.3. The first-order chi connectivity index (χ1) is 15.3. The molecule has 4 nitrogen and oxygen atoms in total. The van der Waals surface area contributed by atoms with Crippen LogP contribution in [0.25, 0.3) is 10.9 Å². The Bertz CT molecular complexity index is 1170. The molecule has 0 aliphatic carbocycles. The Morgan fingerprint density at radius 3 is 2.19 bits per heavy atom. The van der Waals surface area contributed by atoms with Crippen LogP contribution >= 0.6 is 12.4 Å². The van der Waals surface area contributed by atoms with Crippen LogP contribution in [0.4, 0.5) is 0 Å². The van der Waals surface area contributed by atoms with Crippen LogP contribution in [-0.2, 0) is 6.42 Å². The molecule has 1 aromatic heterocycles. The van der Waals surface area contributed by atoms with Crippen LogP contribution in [0.5, 0.6) is 0 Å². The quantitative estimate of drug-likeness (QED) is 0.403. The summed E-state index contributed by atoms with van der Waals surface area (Å²) in [7, 11) is 0. The van der Waals surface area contributed by atoms with E-state index in [-0.39, 0.29) is 18.3 Å². The highest BCUT2D eigenvalue weighted by molar-refractivity contribution is 6.01. The van der Waals surface area contributed by atoms with Crippen LogP contribution < -0.4 is 0 Å². The lowest BCUT2D eigenvalue weighted by Crippen LogP contribution is -2.34. The number of likely N-dealkylation sites (tertiary alicyclic amines) is 1. The topological polar surface area (TPSA) is 38.1 Å². The molecule has 4 aromatic rings. The molecule has 0 radical (unpaired) electrons. The highest BCUT2D eigenvalue weighted by Gasteiger charge is 2.26. The SMILES string of the molecule is Cl.O=C(c1ccccc1)n1nc(C2CCN(CCc3ccccc3)CC2)c2ccccc21. The summed E-state index contributed by atoms with van der Waals surface area (Å²) in [6, 6.07) is 28.2. The predicted octanol–water partition coefficient (Wildman–Crippen LogP) is 5.57. The highest BCUT2D eigenvalue weighted by atomic mass is 35.5. The van der Waals surface area contributed by atoms with Crippen molar-refractivity contribution < 1.29 is 4.79 Å². The van der Waals surface area contributed by atoms with Crippen LogP contribution in [0.1, 0.15) is 40.4 Å². The fourth-order valence-corrected chi connectivity index (χ4v) is 4.61. The van der Waals surface area contributed by atoms with E-state index in [0.717, 1.165) is 55.5 Å². The monoisotopic (exact) mass is 445 g/mol. The number of carbonyl (C=O) groups is 1. The molecule has 0 spiro atoms. The number of fused-ring (bicyclic) bond motifs is 1. The number of hydrogen-bond acceptors (Lipinski definition) is 3. The van der Waals surface area contributed by atoms with Gasteiger partial charge in [0.1, 0.15) is 0 Å². The molecular weight excluding hydrogens is 418 g/mol. The number of rotatable bonds is 5. The van der Waals surface area contributed by atoms with Gasteiger partial charge in [-0.15, -0.1) is 12.4 Å². The third-order valence-electron chi connectivity index (χ3n) is 6.36. The zero-order chi connectivity index (χ0) is 21.0. The molecule has 0 bridgehead atoms. The summed E-state index contributed by atoms with van der Waals surface area (Å²) in [6.07, 6.45) is 3.25. The molecular formula is C27H28ClN3O. The fraction of sp³-hybridized carbons (Fsp3) is 0.259. The lowest BCUT2D eigenvalue weighted by molar-refractivity contribution is 0.0949. The van der Waals surface area contributed by atoms with Gasteiger partial charge in [0.05, 0.1) is 11.2 Å². The molecule has 5 heteroatoms. The minimum Gasteiger partial charge on any atom is -0.303 e. The van der Waals surface area contributed by atoms with Gasteiger partial charge in [-0.3, -0.25) is 4.79 Å². The molecule has 3 aromatic carbocycles. The van der Waals surface area contributed by atoms with Crippen LogP contribution in [0, 0.1) is 0 Å². The van der Waals surface area contributed by atoms with Gasteiger partial charge < -0.3 is 4.90 Å². The van der Waals surface area contributed by atoms with Crippen molar-refractivity contribution >= 4 is 29.2 Å². The zero-order valence-electron chi connectivity index (χ0n) is 18.1. The van der Waals surface area contributed by atoms with E-state index in [9.17, 15) is 4.79 Å². The van der Waals surface area contributed by atoms with E-state index in [1.807, 2.05) is 48.5 Å². The molecule has 1 saturated heterocycles. The van der Waals surface area contributed by atoms with E-state index in [1.54, 1.807) is 4.68 Å². The Morgan fingerprint density at radius 1 is 0.844 bits per heavy atom. The van der Waals surface area contributed by atoms with Crippen molar-refractivity contribution in [1.82, 2.24) is 14.7 Å². The molecule has 1 fully saturated rings. The molecule has 2 heterocycles. The fourth-order valence-electron chi connectivity index (χ4n) is 4.61. The van der Waals surface area contributed by atoms with E-state index >= 15 is 0 Å². The van der Waals surface area contributed by atoms with Crippen molar-refractivity contribution in [3.63, 3.8) is 0 Å². The van der Waals surface area contributed by atoms with E-state index in [4.69, 9.17) is 5.10 Å². The van der Waals surface area contributed by atoms with Crippen LogP contribution in [0.2, 0.25) is 0 Å². The summed E-state index contributed by atoms with van der Waals surface area (Å²) >= 11 is 0. The molecule has 0 atom stereocenters. The second-order valence-corrected chi connectivity index (χ2v) is 8.34. The molecule has 5 rings (SSSR count). The Hall–Kier alpha value is -2.95. The number of hydrogen-bond donors (Lipinski definition) is 0. The average molecular weight is 446 g/mol. The minimum absolute atomic E-state index is 0. The van der Waals surface area contributed by atoms with E-state index in [2.05, 4.69) is 41.3 Å². The molecule has 0 saturated carbocycles. The molecule has 1 aliphatic heterocycles. The van der Waals surface area contributed by atoms with Gasteiger partial charge in [-0.2, -0.15) is 9.78 Å². The number of piperidine rings is 1. The summed E-state index contributed by atoms with van der Waals surface area (Å²) in [6.45, 7) is 3.25. The van der Waals surface area contributed by atoms with Gasteiger partial charge in [0.25, 0.3) is 5.91 Å². The summed E-state index contributed by atoms with van der Waals surface area (Å²) < 4.78 is 1.60. The zero-order valence-corrected chi connectivity index (χ0v) is 18.9. The third-order valence-corrected chi connectivity index (χ3v) is 6.36. The van der Waals surface area contributed by atoms with Crippen molar-refractivity contribution in [2.75, 3.05) is 19.6 Å². The Morgan fingerprint density at radius 2 is 1.47 bits per heavy atom. The van der Waals surface area contributed by atoms with Crippen LogP contribution in [0.3, 0.4) is 0 Å². The summed E-state index contributed by atoms with van der Waals surface area (Å²) in [4.78, 5) is 15.7. The van der Waals surface area contributed by atoms with Crippen molar-refractivity contribution in [2.45, 2.75) is 25.2 Å². The van der Waals surface area contributed by atoms with Crippen molar-refractivity contribution in [3.05, 3.63) is 102 Å². The standard InChI is InChI=1S/C27H27N3O.ClH/c31-27(23-11-5-2-6-12-23)30-25-14-8-7-13-24(25)26(28-30)22-16-19-29(20-17-22)18-15-21-9-3-1-4-10-21;/h1-14,22H,15-20H2;1H. The van der Waals surface area contributed by atoms with Gasteiger partial charge in [-0.05, 0) is 56.1 Å². The van der Waals surface area contributed by atoms with Crippen LogP contribution in [0.15, 0.2) is 84.9 Å². The lowest BCUT2D eigenvalue weighted by atomic mass is 9.91. The van der Waals surface area contributed by atoms with Crippen molar-refractivity contribution in [1.29, 1.82) is 0 Å². The molecule has 32 heavy (non-hydrogen) atoms. The molecule has 0 amide bonds. The van der Waals surface area contributed by atoms with E-state index < -0.39 is 0 Å². The largest absolute Gasteiger partial charge is 0.303 e. The maximum Gasteiger partial charge on any atom is 0.278 e.